The highest BCUT2D eigenvalue weighted by molar-refractivity contribution is 4.92. The van der Waals surface area contributed by atoms with Crippen LogP contribution >= 0.6 is 0 Å². The molecule has 0 amide bonds. The standard InChI is InChI=1S/C13H26N2O2/c1-16-8-6-15(12-3-4-12)10-13(9-14)5-2-7-17-11-13/h12H,2-11,14H2,1H3. The summed E-state index contributed by atoms with van der Waals surface area (Å²) in [6, 6.07) is 0.774. The largest absolute Gasteiger partial charge is 0.383 e. The fourth-order valence-corrected chi connectivity index (χ4v) is 2.73. The van der Waals surface area contributed by atoms with Crippen LogP contribution in [0.4, 0.5) is 0 Å². The molecule has 1 unspecified atom stereocenters. The van der Waals surface area contributed by atoms with Gasteiger partial charge in [-0.05, 0) is 25.7 Å². The molecule has 0 aromatic carbocycles. The number of nitrogens with zero attached hydrogens (tertiary/aromatic N) is 1. The van der Waals surface area contributed by atoms with Gasteiger partial charge < -0.3 is 15.2 Å². The van der Waals surface area contributed by atoms with Crippen LogP contribution in [-0.4, -0.2) is 57.5 Å². The summed E-state index contributed by atoms with van der Waals surface area (Å²) in [7, 11) is 1.77. The predicted octanol–water partition coefficient (Wildman–Crippen LogP) is 0.853. The van der Waals surface area contributed by atoms with E-state index < -0.39 is 0 Å². The molecule has 2 N–H and O–H groups in total. The Balaban J connectivity index is 1.89. The number of nitrogens with two attached hydrogens (primary N) is 1. The quantitative estimate of drug-likeness (QED) is 0.719. The predicted molar refractivity (Wildman–Crippen MR) is 68.0 cm³/mol. The van der Waals surface area contributed by atoms with Gasteiger partial charge in [0.05, 0.1) is 13.2 Å². The van der Waals surface area contributed by atoms with E-state index in [1.165, 1.54) is 19.3 Å². The van der Waals surface area contributed by atoms with Crippen molar-refractivity contribution in [1.82, 2.24) is 4.90 Å². The molecule has 0 aromatic rings. The first-order chi connectivity index (χ1) is 8.29. The molecule has 4 nitrogen and oxygen atoms in total. The number of methoxy groups -OCH3 is 1. The van der Waals surface area contributed by atoms with Crippen LogP contribution < -0.4 is 5.73 Å². The monoisotopic (exact) mass is 242 g/mol. The van der Waals surface area contributed by atoms with Gasteiger partial charge in [-0.3, -0.25) is 4.90 Å². The third-order valence-corrected chi connectivity index (χ3v) is 4.02. The van der Waals surface area contributed by atoms with E-state index in [9.17, 15) is 0 Å². The lowest BCUT2D eigenvalue weighted by Crippen LogP contribution is -2.49. The van der Waals surface area contributed by atoms with Crippen molar-refractivity contribution in [2.45, 2.75) is 31.7 Å². The van der Waals surface area contributed by atoms with E-state index in [0.717, 1.165) is 51.9 Å². The van der Waals surface area contributed by atoms with Crippen LogP contribution in [-0.2, 0) is 9.47 Å². The Kier molecular flexibility index (Phi) is 4.79. The molecule has 1 saturated carbocycles. The maximum Gasteiger partial charge on any atom is 0.0589 e. The molecule has 1 aliphatic carbocycles. The summed E-state index contributed by atoms with van der Waals surface area (Å²) < 4.78 is 10.8. The summed E-state index contributed by atoms with van der Waals surface area (Å²) in [5, 5.41) is 0. The average Bonchev–Trinajstić information content (AvgIpc) is 3.20. The summed E-state index contributed by atoms with van der Waals surface area (Å²) in [6.45, 7) is 5.41. The molecule has 2 rings (SSSR count). The minimum Gasteiger partial charge on any atom is -0.383 e. The van der Waals surface area contributed by atoms with Gasteiger partial charge in [0.2, 0.25) is 0 Å². The normalized spacial score (nSPS) is 29.8. The van der Waals surface area contributed by atoms with Crippen molar-refractivity contribution >= 4 is 0 Å². The number of ether oxygens (including phenoxy) is 2. The highest BCUT2D eigenvalue weighted by Crippen LogP contribution is 2.33. The Morgan fingerprint density at radius 1 is 1.47 bits per heavy atom. The van der Waals surface area contributed by atoms with Crippen LogP contribution in [0.15, 0.2) is 0 Å². The number of hydrogen-bond acceptors (Lipinski definition) is 4. The molecule has 0 bridgehead atoms. The SMILES string of the molecule is COCCN(CC1(CN)CCCOC1)C1CC1. The zero-order valence-electron chi connectivity index (χ0n) is 11.0. The first kappa shape index (κ1) is 13.3. The Morgan fingerprint density at radius 2 is 2.29 bits per heavy atom. The first-order valence-electron chi connectivity index (χ1n) is 6.80. The summed E-state index contributed by atoms with van der Waals surface area (Å²) in [5.74, 6) is 0. The highest BCUT2D eigenvalue weighted by Gasteiger charge is 2.38. The van der Waals surface area contributed by atoms with E-state index in [4.69, 9.17) is 15.2 Å². The topological polar surface area (TPSA) is 47.7 Å². The minimum absolute atomic E-state index is 0.189. The summed E-state index contributed by atoms with van der Waals surface area (Å²) >= 11 is 0. The third-order valence-electron chi connectivity index (χ3n) is 4.02. The van der Waals surface area contributed by atoms with E-state index in [1.54, 1.807) is 7.11 Å². The Labute approximate surface area is 104 Å². The highest BCUT2D eigenvalue weighted by atomic mass is 16.5. The zero-order chi connectivity index (χ0) is 12.1. The Morgan fingerprint density at radius 3 is 2.82 bits per heavy atom. The molecule has 2 aliphatic rings. The van der Waals surface area contributed by atoms with Gasteiger partial charge in [-0.25, -0.2) is 0 Å². The average molecular weight is 242 g/mol. The van der Waals surface area contributed by atoms with Crippen LogP contribution in [0, 0.1) is 5.41 Å². The number of rotatable bonds is 7. The fraction of sp³-hybridized carbons (Fsp3) is 1.00. The van der Waals surface area contributed by atoms with Crippen LogP contribution in [0.3, 0.4) is 0 Å². The van der Waals surface area contributed by atoms with E-state index in [0.29, 0.717) is 0 Å². The van der Waals surface area contributed by atoms with E-state index in [2.05, 4.69) is 4.90 Å². The van der Waals surface area contributed by atoms with Crippen molar-refractivity contribution in [3.8, 4) is 0 Å². The van der Waals surface area contributed by atoms with Gasteiger partial charge in [0.25, 0.3) is 0 Å². The molecule has 1 saturated heterocycles. The van der Waals surface area contributed by atoms with Gasteiger partial charge in [-0.15, -0.1) is 0 Å². The summed E-state index contributed by atoms with van der Waals surface area (Å²) in [6.07, 6.45) is 5.04. The molecule has 0 aromatic heterocycles. The van der Waals surface area contributed by atoms with E-state index in [-0.39, 0.29) is 5.41 Å². The van der Waals surface area contributed by atoms with Crippen molar-refractivity contribution in [1.29, 1.82) is 0 Å². The summed E-state index contributed by atoms with van der Waals surface area (Å²) in [5.41, 5.74) is 6.19. The molecule has 0 spiro atoms. The fourth-order valence-electron chi connectivity index (χ4n) is 2.73. The molecular weight excluding hydrogens is 216 g/mol. The van der Waals surface area contributed by atoms with Crippen LogP contribution in [0.1, 0.15) is 25.7 Å². The van der Waals surface area contributed by atoms with E-state index >= 15 is 0 Å². The molecule has 4 heteroatoms. The van der Waals surface area contributed by atoms with Gasteiger partial charge >= 0.3 is 0 Å². The smallest absolute Gasteiger partial charge is 0.0589 e. The summed E-state index contributed by atoms with van der Waals surface area (Å²) in [4.78, 5) is 2.56. The van der Waals surface area contributed by atoms with Gasteiger partial charge in [-0.1, -0.05) is 0 Å². The second-order valence-electron chi connectivity index (χ2n) is 5.55. The van der Waals surface area contributed by atoms with Crippen LogP contribution in [0.25, 0.3) is 0 Å². The van der Waals surface area contributed by atoms with Crippen molar-refractivity contribution < 1.29 is 9.47 Å². The molecule has 1 atom stereocenters. The first-order valence-corrected chi connectivity index (χ1v) is 6.80. The molecule has 1 heterocycles. The van der Waals surface area contributed by atoms with Gasteiger partial charge in [0.15, 0.2) is 0 Å². The maximum atomic E-state index is 6.00. The lowest BCUT2D eigenvalue weighted by molar-refractivity contribution is -0.0261. The molecule has 100 valence electrons. The van der Waals surface area contributed by atoms with E-state index in [1.807, 2.05) is 0 Å². The van der Waals surface area contributed by atoms with Gasteiger partial charge in [0, 0.05) is 44.8 Å². The van der Waals surface area contributed by atoms with Gasteiger partial charge in [0.1, 0.15) is 0 Å². The van der Waals surface area contributed by atoms with Crippen LogP contribution in [0.5, 0.6) is 0 Å². The van der Waals surface area contributed by atoms with Crippen molar-refractivity contribution in [3.05, 3.63) is 0 Å². The molecule has 1 aliphatic heterocycles. The lowest BCUT2D eigenvalue weighted by Gasteiger charge is -2.40. The lowest BCUT2D eigenvalue weighted by atomic mass is 9.82. The molecule has 17 heavy (non-hydrogen) atoms. The number of hydrogen-bond donors (Lipinski definition) is 1. The Bertz CT molecular complexity index is 225. The molecular formula is C13H26N2O2. The minimum atomic E-state index is 0.189. The second kappa shape index (κ2) is 6.14. The maximum absolute atomic E-state index is 6.00. The van der Waals surface area contributed by atoms with Gasteiger partial charge in [-0.2, -0.15) is 0 Å². The van der Waals surface area contributed by atoms with Crippen molar-refractivity contribution in [2.24, 2.45) is 11.1 Å². The van der Waals surface area contributed by atoms with Crippen LogP contribution in [0.2, 0.25) is 0 Å². The van der Waals surface area contributed by atoms with Crippen molar-refractivity contribution in [2.75, 3.05) is 46.6 Å². The zero-order valence-corrected chi connectivity index (χ0v) is 11.0. The molecule has 0 radical (unpaired) electrons. The second-order valence-corrected chi connectivity index (χ2v) is 5.55. The Hall–Kier alpha value is -0.160. The van der Waals surface area contributed by atoms with Crippen molar-refractivity contribution in [3.63, 3.8) is 0 Å². The third kappa shape index (κ3) is 3.65. The molecule has 2 fully saturated rings.